The van der Waals surface area contributed by atoms with Crippen molar-refractivity contribution in [3.63, 3.8) is 0 Å². The molecule has 7 nitrogen and oxygen atoms in total. The van der Waals surface area contributed by atoms with Gasteiger partial charge >= 0.3 is 5.97 Å². The van der Waals surface area contributed by atoms with Crippen molar-refractivity contribution in [2.45, 2.75) is 39.7 Å². The van der Waals surface area contributed by atoms with E-state index in [1.807, 2.05) is 19.9 Å². The second kappa shape index (κ2) is 10.9. The second-order valence-electron chi connectivity index (χ2n) is 6.61. The molecule has 1 aliphatic heterocycles. The quantitative estimate of drug-likeness (QED) is 0.311. The lowest BCUT2D eigenvalue weighted by molar-refractivity contribution is -0.150. The van der Waals surface area contributed by atoms with Crippen molar-refractivity contribution in [2.75, 3.05) is 20.3 Å². The average molecular weight is 434 g/mol. The Morgan fingerprint density at radius 3 is 2.63 bits per heavy atom. The Morgan fingerprint density at radius 1 is 1.30 bits per heavy atom. The fraction of sp³-hybridized carbons (Fsp3) is 0.409. The molecule has 0 aliphatic carbocycles. The van der Waals surface area contributed by atoms with E-state index < -0.39 is 23.7 Å². The lowest BCUT2D eigenvalue weighted by Crippen LogP contribution is -2.35. The summed E-state index contributed by atoms with van der Waals surface area (Å²) < 4.78 is 16.3. The van der Waals surface area contributed by atoms with Gasteiger partial charge in [-0.05, 0) is 62.2 Å². The molecule has 0 radical (unpaired) electrons. The van der Waals surface area contributed by atoms with Gasteiger partial charge in [-0.15, -0.1) is 6.58 Å². The lowest BCUT2D eigenvalue weighted by Gasteiger charge is -2.15. The van der Waals surface area contributed by atoms with Crippen LogP contribution in [0.15, 0.2) is 29.7 Å². The molecule has 0 saturated carbocycles. The Hall–Kier alpha value is -2.74. The molecule has 162 valence electrons. The minimum Gasteiger partial charge on any atom is -0.493 e. The molecule has 0 bridgehead atoms. The first-order valence-electron chi connectivity index (χ1n) is 9.73. The molecule has 0 unspecified atom stereocenters. The van der Waals surface area contributed by atoms with Gasteiger partial charge in [0.05, 0.1) is 24.7 Å². The molecular weight excluding hydrogens is 406 g/mol. The Bertz CT molecular complexity index is 863. The number of thioether (sulfide) groups is 1. The van der Waals surface area contributed by atoms with E-state index >= 15 is 0 Å². The molecule has 2 rings (SSSR count). The minimum atomic E-state index is -0.607. The largest absolute Gasteiger partial charge is 0.493 e. The van der Waals surface area contributed by atoms with Crippen molar-refractivity contribution in [1.29, 1.82) is 0 Å². The van der Waals surface area contributed by atoms with Crippen LogP contribution in [-0.4, -0.2) is 48.4 Å². The summed E-state index contributed by atoms with van der Waals surface area (Å²) in [5.74, 6) is 0.0196. The highest BCUT2D eigenvalue weighted by Gasteiger charge is 2.37. The third-order valence-corrected chi connectivity index (χ3v) is 5.30. The van der Waals surface area contributed by atoms with Crippen LogP contribution in [0.25, 0.3) is 6.08 Å². The van der Waals surface area contributed by atoms with Crippen molar-refractivity contribution in [2.24, 2.45) is 0 Å². The van der Waals surface area contributed by atoms with Crippen molar-refractivity contribution in [3.8, 4) is 11.5 Å². The van der Waals surface area contributed by atoms with Gasteiger partial charge in [0.1, 0.15) is 6.54 Å². The minimum absolute atomic E-state index is 0.230. The molecule has 30 heavy (non-hydrogen) atoms. The van der Waals surface area contributed by atoms with Gasteiger partial charge in [-0.3, -0.25) is 19.3 Å². The summed E-state index contributed by atoms with van der Waals surface area (Å²) in [4.78, 5) is 38.1. The molecular formula is C22H27NO6S. The Kier molecular flexibility index (Phi) is 8.53. The third-order valence-electron chi connectivity index (χ3n) is 4.39. The SMILES string of the molecule is C=CCc1cc(/C=C2/SC(=O)N(CC(=O)O[C@H](C)CC)C2=O)cc(OCC)c1OC. The molecule has 1 aromatic carbocycles. The molecule has 0 aromatic heterocycles. The summed E-state index contributed by atoms with van der Waals surface area (Å²) in [5.41, 5.74) is 1.53. The second-order valence-corrected chi connectivity index (χ2v) is 7.61. The number of allylic oxidation sites excluding steroid dienone is 1. The topological polar surface area (TPSA) is 82.1 Å². The van der Waals surface area contributed by atoms with Crippen LogP contribution >= 0.6 is 11.8 Å². The van der Waals surface area contributed by atoms with Gasteiger partial charge in [0.15, 0.2) is 11.5 Å². The zero-order valence-electron chi connectivity index (χ0n) is 17.7. The fourth-order valence-corrected chi connectivity index (χ4v) is 3.67. The van der Waals surface area contributed by atoms with Gasteiger partial charge in [-0.1, -0.05) is 13.0 Å². The van der Waals surface area contributed by atoms with E-state index in [-0.39, 0.29) is 11.0 Å². The smallest absolute Gasteiger partial charge is 0.326 e. The van der Waals surface area contributed by atoms with Crippen molar-refractivity contribution in [3.05, 3.63) is 40.8 Å². The molecule has 1 heterocycles. The van der Waals surface area contributed by atoms with Crippen LogP contribution in [0.2, 0.25) is 0 Å². The first kappa shape index (κ1) is 23.5. The molecule has 1 aliphatic rings. The summed E-state index contributed by atoms with van der Waals surface area (Å²) in [6.07, 6.45) is 4.29. The van der Waals surface area contributed by atoms with E-state index in [4.69, 9.17) is 14.2 Å². The van der Waals surface area contributed by atoms with Crippen molar-refractivity contribution >= 4 is 35.0 Å². The normalized spacial score (nSPS) is 16.0. The fourth-order valence-electron chi connectivity index (χ4n) is 2.83. The molecule has 0 N–H and O–H groups in total. The average Bonchev–Trinajstić information content (AvgIpc) is 2.95. The summed E-state index contributed by atoms with van der Waals surface area (Å²) in [6.45, 7) is 9.31. The Balaban J connectivity index is 2.30. The number of nitrogens with zero attached hydrogens (tertiary/aromatic N) is 1. The lowest BCUT2D eigenvalue weighted by atomic mass is 10.0. The summed E-state index contributed by atoms with van der Waals surface area (Å²) in [6, 6.07) is 3.61. The summed E-state index contributed by atoms with van der Waals surface area (Å²) in [5, 5.41) is -0.503. The van der Waals surface area contributed by atoms with E-state index in [9.17, 15) is 14.4 Å². The molecule has 1 fully saturated rings. The Morgan fingerprint density at radius 2 is 2.03 bits per heavy atom. The predicted molar refractivity (Wildman–Crippen MR) is 117 cm³/mol. The van der Waals surface area contributed by atoms with E-state index in [0.717, 1.165) is 22.2 Å². The summed E-state index contributed by atoms with van der Waals surface area (Å²) >= 11 is 0.790. The monoisotopic (exact) mass is 433 g/mol. The van der Waals surface area contributed by atoms with Crippen LogP contribution in [0.3, 0.4) is 0 Å². The molecule has 0 spiro atoms. The third kappa shape index (κ3) is 5.66. The predicted octanol–water partition coefficient (Wildman–Crippen LogP) is 4.20. The number of methoxy groups -OCH3 is 1. The van der Waals surface area contributed by atoms with Crippen LogP contribution in [0.1, 0.15) is 38.3 Å². The van der Waals surface area contributed by atoms with Gasteiger partial charge < -0.3 is 14.2 Å². The first-order chi connectivity index (χ1) is 14.3. The maximum Gasteiger partial charge on any atom is 0.326 e. The van der Waals surface area contributed by atoms with Crippen LogP contribution in [0.4, 0.5) is 4.79 Å². The number of amides is 2. The summed E-state index contributed by atoms with van der Waals surface area (Å²) in [7, 11) is 1.56. The van der Waals surface area contributed by atoms with Gasteiger partial charge in [-0.2, -0.15) is 0 Å². The number of carbonyl (C=O) groups is 3. The maximum absolute atomic E-state index is 12.7. The van der Waals surface area contributed by atoms with Crippen LogP contribution in [-0.2, 0) is 20.7 Å². The standard InChI is InChI=1S/C22H27NO6S/c1-6-9-16-10-15(11-17(28-8-3)20(16)27-5)12-18-21(25)23(22(26)30-18)13-19(24)29-14(4)7-2/h6,10-12,14H,1,7-9,13H2,2-5H3/b18-12+/t14-/m1/s1. The van der Waals surface area contributed by atoms with Gasteiger partial charge in [0, 0.05) is 5.56 Å². The number of esters is 1. The maximum atomic E-state index is 12.7. The van der Waals surface area contributed by atoms with E-state index in [1.165, 1.54) is 0 Å². The van der Waals surface area contributed by atoms with Crippen LogP contribution in [0, 0.1) is 0 Å². The van der Waals surface area contributed by atoms with E-state index in [2.05, 4.69) is 6.58 Å². The number of hydrogen-bond donors (Lipinski definition) is 0. The number of imide groups is 1. The molecule has 1 aromatic rings. The highest BCUT2D eigenvalue weighted by molar-refractivity contribution is 8.18. The van der Waals surface area contributed by atoms with Gasteiger partial charge in [-0.25, -0.2) is 0 Å². The zero-order valence-corrected chi connectivity index (χ0v) is 18.5. The number of benzene rings is 1. The highest BCUT2D eigenvalue weighted by Crippen LogP contribution is 2.37. The molecule has 1 atom stereocenters. The number of rotatable bonds is 10. The van der Waals surface area contributed by atoms with Crippen LogP contribution < -0.4 is 9.47 Å². The van der Waals surface area contributed by atoms with E-state index in [1.54, 1.807) is 32.3 Å². The molecule has 1 saturated heterocycles. The Labute approximate surface area is 181 Å². The van der Waals surface area contributed by atoms with Gasteiger partial charge in [0.25, 0.3) is 11.1 Å². The molecule has 2 amide bonds. The van der Waals surface area contributed by atoms with Crippen LogP contribution in [0.5, 0.6) is 11.5 Å². The first-order valence-corrected chi connectivity index (χ1v) is 10.6. The number of carbonyl (C=O) groups excluding carboxylic acids is 3. The number of hydrogen-bond acceptors (Lipinski definition) is 7. The van der Waals surface area contributed by atoms with E-state index in [0.29, 0.717) is 36.5 Å². The van der Waals surface area contributed by atoms with Crippen molar-refractivity contribution in [1.82, 2.24) is 4.90 Å². The molecule has 8 heteroatoms. The van der Waals surface area contributed by atoms with Gasteiger partial charge in [0.2, 0.25) is 0 Å². The van der Waals surface area contributed by atoms with Crippen molar-refractivity contribution < 1.29 is 28.6 Å². The highest BCUT2D eigenvalue weighted by atomic mass is 32.2. The number of ether oxygens (including phenoxy) is 3. The zero-order chi connectivity index (χ0) is 22.3.